The van der Waals surface area contributed by atoms with Crippen LogP contribution in [0.15, 0.2) is 28.8 Å². The van der Waals surface area contributed by atoms with Crippen molar-refractivity contribution < 1.29 is 23.2 Å². The fourth-order valence-electron chi connectivity index (χ4n) is 4.34. The molecule has 2 fully saturated rings. The first kappa shape index (κ1) is 20.0. The van der Waals surface area contributed by atoms with Gasteiger partial charge in [-0.05, 0) is 31.4 Å². The van der Waals surface area contributed by atoms with Crippen LogP contribution in [0.25, 0.3) is 11.3 Å². The summed E-state index contributed by atoms with van der Waals surface area (Å²) in [5.41, 5.74) is 0.0180. The Morgan fingerprint density at radius 3 is 2.69 bits per heavy atom. The molecule has 1 amide bonds. The van der Waals surface area contributed by atoms with Gasteiger partial charge in [0.25, 0.3) is 5.91 Å². The summed E-state index contributed by atoms with van der Waals surface area (Å²) in [5, 5.41) is 17.0. The first-order chi connectivity index (χ1) is 14.0. The number of aliphatic hydroxyl groups is 1. The number of aromatic nitrogens is 1. The van der Waals surface area contributed by atoms with Gasteiger partial charge in [-0.25, -0.2) is 8.78 Å². The van der Waals surface area contributed by atoms with Crippen molar-refractivity contribution >= 4 is 5.91 Å². The van der Waals surface area contributed by atoms with Crippen LogP contribution in [0.1, 0.15) is 49.0 Å². The number of benzene rings is 1. The lowest BCUT2D eigenvalue weighted by atomic mass is 9.91. The van der Waals surface area contributed by atoms with Gasteiger partial charge in [-0.3, -0.25) is 9.69 Å². The number of hydrogen-bond acceptors (Lipinski definition) is 5. The van der Waals surface area contributed by atoms with Gasteiger partial charge in [-0.1, -0.05) is 24.4 Å². The van der Waals surface area contributed by atoms with E-state index in [1.807, 2.05) is 0 Å². The zero-order chi connectivity index (χ0) is 20.4. The number of rotatable bonds is 4. The van der Waals surface area contributed by atoms with Crippen LogP contribution in [0.4, 0.5) is 8.78 Å². The molecule has 2 aromatic rings. The maximum Gasteiger partial charge on any atom is 0.273 e. The first-order valence-electron chi connectivity index (χ1n) is 10.2. The molecule has 0 bridgehead atoms. The molecule has 8 heteroatoms. The topological polar surface area (TPSA) is 78.6 Å². The Kier molecular flexibility index (Phi) is 5.91. The van der Waals surface area contributed by atoms with Crippen LogP contribution in [0.2, 0.25) is 0 Å². The van der Waals surface area contributed by atoms with E-state index in [-0.39, 0.29) is 23.1 Å². The van der Waals surface area contributed by atoms with E-state index in [4.69, 9.17) is 4.52 Å². The molecule has 1 saturated heterocycles. The van der Waals surface area contributed by atoms with Crippen LogP contribution < -0.4 is 5.32 Å². The smallest absolute Gasteiger partial charge is 0.273 e. The third-order valence-electron chi connectivity index (χ3n) is 5.96. The van der Waals surface area contributed by atoms with Crippen molar-refractivity contribution in [3.8, 4) is 11.3 Å². The summed E-state index contributed by atoms with van der Waals surface area (Å²) in [7, 11) is 0. The van der Waals surface area contributed by atoms with Gasteiger partial charge in [-0.15, -0.1) is 0 Å². The Bertz CT molecular complexity index is 867. The molecule has 2 N–H and O–H groups in total. The van der Waals surface area contributed by atoms with Crippen molar-refractivity contribution in [2.24, 2.45) is 0 Å². The molecule has 2 aliphatic rings. The molecular weight excluding hydrogens is 380 g/mol. The molecule has 0 radical (unpaired) electrons. The molecule has 0 spiro atoms. The van der Waals surface area contributed by atoms with E-state index in [0.717, 1.165) is 18.7 Å². The SMILES string of the molecule is O=C(N[C@H]1CCN(C2CCCCC2)C[C@@H]1O)c1cc(-c2ccc(F)cc2F)on1. The molecule has 1 aliphatic carbocycles. The van der Waals surface area contributed by atoms with Crippen LogP contribution in [0.5, 0.6) is 0 Å². The quantitative estimate of drug-likeness (QED) is 0.817. The maximum absolute atomic E-state index is 13.9. The van der Waals surface area contributed by atoms with Gasteiger partial charge in [0.2, 0.25) is 0 Å². The molecule has 1 aromatic carbocycles. The monoisotopic (exact) mass is 405 g/mol. The number of nitrogens with zero attached hydrogens (tertiary/aromatic N) is 2. The Morgan fingerprint density at radius 1 is 1.17 bits per heavy atom. The molecule has 0 unspecified atom stereocenters. The first-order valence-corrected chi connectivity index (χ1v) is 10.2. The summed E-state index contributed by atoms with van der Waals surface area (Å²) in [4.78, 5) is 14.8. The number of carbonyl (C=O) groups is 1. The fraction of sp³-hybridized carbons (Fsp3) is 0.524. The van der Waals surface area contributed by atoms with E-state index in [2.05, 4.69) is 15.4 Å². The standard InChI is InChI=1S/C21H25F2N3O3/c22-13-6-7-15(16(23)10-13)20-11-18(25-29-20)21(28)24-17-8-9-26(12-19(17)27)14-4-2-1-3-5-14/h6-7,10-11,14,17,19,27H,1-5,8-9,12H2,(H,24,28)/t17-,19-/m0/s1. The third kappa shape index (κ3) is 4.48. The second-order valence-corrected chi connectivity index (χ2v) is 7.92. The van der Waals surface area contributed by atoms with Crippen molar-refractivity contribution in [2.75, 3.05) is 13.1 Å². The van der Waals surface area contributed by atoms with Gasteiger partial charge >= 0.3 is 0 Å². The van der Waals surface area contributed by atoms with Gasteiger partial charge in [0.15, 0.2) is 11.5 Å². The second kappa shape index (κ2) is 8.59. The van der Waals surface area contributed by atoms with E-state index in [9.17, 15) is 18.7 Å². The number of aliphatic hydroxyl groups excluding tert-OH is 1. The van der Waals surface area contributed by atoms with E-state index >= 15 is 0 Å². The van der Waals surface area contributed by atoms with E-state index in [1.165, 1.54) is 44.2 Å². The largest absolute Gasteiger partial charge is 0.390 e. The average molecular weight is 405 g/mol. The number of likely N-dealkylation sites (tertiary alicyclic amines) is 1. The molecule has 4 rings (SSSR count). The number of carbonyl (C=O) groups excluding carboxylic acids is 1. The fourth-order valence-corrected chi connectivity index (χ4v) is 4.34. The summed E-state index contributed by atoms with van der Waals surface area (Å²) in [6.45, 7) is 1.37. The minimum Gasteiger partial charge on any atom is -0.390 e. The van der Waals surface area contributed by atoms with Crippen LogP contribution >= 0.6 is 0 Å². The highest BCUT2D eigenvalue weighted by molar-refractivity contribution is 5.93. The van der Waals surface area contributed by atoms with Crippen molar-refractivity contribution in [3.63, 3.8) is 0 Å². The van der Waals surface area contributed by atoms with E-state index in [0.29, 0.717) is 19.0 Å². The number of piperidine rings is 1. The van der Waals surface area contributed by atoms with Crippen molar-refractivity contribution in [1.82, 2.24) is 15.4 Å². The summed E-state index contributed by atoms with van der Waals surface area (Å²) in [5.74, 6) is -1.94. The Balaban J connectivity index is 1.37. The molecule has 1 saturated carbocycles. The van der Waals surface area contributed by atoms with Crippen molar-refractivity contribution in [3.05, 3.63) is 41.6 Å². The van der Waals surface area contributed by atoms with Crippen molar-refractivity contribution in [2.45, 2.75) is 56.7 Å². The zero-order valence-corrected chi connectivity index (χ0v) is 16.1. The highest BCUT2D eigenvalue weighted by Crippen LogP contribution is 2.26. The minimum absolute atomic E-state index is 0.00867. The summed E-state index contributed by atoms with van der Waals surface area (Å²) >= 11 is 0. The lowest BCUT2D eigenvalue weighted by Crippen LogP contribution is -2.56. The molecule has 29 heavy (non-hydrogen) atoms. The van der Waals surface area contributed by atoms with Gasteiger partial charge in [-0.2, -0.15) is 0 Å². The number of β-amino-alcohol motifs (C(OH)–C–C–N with tert-alkyl or cyclic N) is 1. The van der Waals surface area contributed by atoms with Crippen LogP contribution in [-0.4, -0.2) is 52.3 Å². The number of amides is 1. The highest BCUT2D eigenvalue weighted by Gasteiger charge is 2.33. The molecule has 2 heterocycles. The third-order valence-corrected chi connectivity index (χ3v) is 5.96. The molecule has 156 valence electrons. The second-order valence-electron chi connectivity index (χ2n) is 7.92. The maximum atomic E-state index is 13.9. The van der Waals surface area contributed by atoms with Crippen LogP contribution in [0, 0.1) is 11.6 Å². The summed E-state index contributed by atoms with van der Waals surface area (Å²) < 4.78 is 32.0. The Hall–Kier alpha value is -2.32. The van der Waals surface area contributed by atoms with Gasteiger partial charge in [0.1, 0.15) is 11.6 Å². The Morgan fingerprint density at radius 2 is 1.97 bits per heavy atom. The highest BCUT2D eigenvalue weighted by atomic mass is 19.1. The number of nitrogens with one attached hydrogen (secondary N) is 1. The number of hydrogen-bond donors (Lipinski definition) is 2. The molecule has 1 aliphatic heterocycles. The predicted molar refractivity (Wildman–Crippen MR) is 102 cm³/mol. The lowest BCUT2D eigenvalue weighted by Gasteiger charge is -2.41. The molecule has 6 nitrogen and oxygen atoms in total. The Labute approximate surface area is 167 Å². The lowest BCUT2D eigenvalue weighted by molar-refractivity contribution is 0.0126. The predicted octanol–water partition coefficient (Wildman–Crippen LogP) is 3.12. The summed E-state index contributed by atoms with van der Waals surface area (Å²) in [6.07, 6.45) is 6.10. The van der Waals surface area contributed by atoms with E-state index in [1.54, 1.807) is 0 Å². The minimum atomic E-state index is -0.793. The van der Waals surface area contributed by atoms with E-state index < -0.39 is 23.6 Å². The normalized spacial score (nSPS) is 23.8. The van der Waals surface area contributed by atoms with Gasteiger partial charge in [0.05, 0.1) is 17.7 Å². The van der Waals surface area contributed by atoms with Crippen LogP contribution in [-0.2, 0) is 0 Å². The van der Waals surface area contributed by atoms with Gasteiger partial charge < -0.3 is 14.9 Å². The molecular formula is C21H25F2N3O3. The average Bonchev–Trinajstić information content (AvgIpc) is 3.20. The van der Waals surface area contributed by atoms with Crippen LogP contribution in [0.3, 0.4) is 0 Å². The molecule has 2 atom stereocenters. The summed E-state index contributed by atoms with van der Waals surface area (Å²) in [6, 6.07) is 4.56. The molecule has 1 aromatic heterocycles. The zero-order valence-electron chi connectivity index (χ0n) is 16.1. The van der Waals surface area contributed by atoms with Gasteiger partial charge in [0, 0.05) is 31.3 Å². The van der Waals surface area contributed by atoms with Crippen molar-refractivity contribution in [1.29, 1.82) is 0 Å². The number of halogens is 2.